The Morgan fingerprint density at radius 2 is 1.29 bits per heavy atom. The van der Waals surface area contributed by atoms with Gasteiger partial charge in [-0.2, -0.15) is 0 Å². The molecule has 3 aromatic carbocycles. The van der Waals surface area contributed by atoms with E-state index in [9.17, 15) is 9.90 Å². The highest BCUT2D eigenvalue weighted by Crippen LogP contribution is 2.53. The number of hydrogen-bond donors (Lipinski definition) is 2. The van der Waals surface area contributed by atoms with Crippen molar-refractivity contribution in [3.63, 3.8) is 0 Å². The third-order valence-corrected chi connectivity index (χ3v) is 7.95. The molecule has 0 spiro atoms. The van der Waals surface area contributed by atoms with Crippen LogP contribution in [0.3, 0.4) is 0 Å². The predicted octanol–water partition coefficient (Wildman–Crippen LogP) is 3.93. The molecular weight excluding hydrogens is 406 g/mol. The summed E-state index contributed by atoms with van der Waals surface area (Å²) in [4.78, 5) is 12.5. The minimum Gasteiger partial charge on any atom is -0.389 e. The van der Waals surface area contributed by atoms with Gasteiger partial charge < -0.3 is 15.2 Å². The van der Waals surface area contributed by atoms with E-state index >= 15 is 0 Å². The van der Waals surface area contributed by atoms with Crippen molar-refractivity contribution in [3.05, 3.63) is 108 Å². The van der Waals surface area contributed by atoms with Crippen LogP contribution >= 0.6 is 11.8 Å². The van der Waals surface area contributed by atoms with E-state index in [-0.39, 0.29) is 23.5 Å². The smallest absolute Gasteiger partial charge is 0.229 e. The van der Waals surface area contributed by atoms with Crippen molar-refractivity contribution in [2.75, 3.05) is 0 Å². The van der Waals surface area contributed by atoms with Crippen LogP contribution in [0.5, 0.6) is 0 Å². The summed E-state index contributed by atoms with van der Waals surface area (Å²) in [7, 11) is 0. The number of carbonyl (C=O) groups is 1. The molecule has 31 heavy (non-hydrogen) atoms. The second kappa shape index (κ2) is 8.15. The molecule has 0 bridgehead atoms. The van der Waals surface area contributed by atoms with Gasteiger partial charge in [-0.1, -0.05) is 91.0 Å². The van der Waals surface area contributed by atoms with Crippen molar-refractivity contribution in [2.45, 2.75) is 35.4 Å². The van der Waals surface area contributed by atoms with Crippen LogP contribution in [0.1, 0.15) is 23.6 Å². The fourth-order valence-electron chi connectivity index (χ4n) is 4.48. The van der Waals surface area contributed by atoms with Gasteiger partial charge in [0, 0.05) is 0 Å². The molecule has 4 nitrogen and oxygen atoms in total. The molecule has 2 aliphatic heterocycles. The van der Waals surface area contributed by atoms with Gasteiger partial charge in [0.05, 0.1) is 28.2 Å². The molecule has 5 unspecified atom stereocenters. The lowest BCUT2D eigenvalue weighted by Crippen LogP contribution is -2.63. The zero-order valence-electron chi connectivity index (χ0n) is 17.2. The number of amides is 1. The monoisotopic (exact) mass is 431 g/mol. The lowest BCUT2D eigenvalue weighted by Gasteiger charge is -2.45. The second-order valence-corrected chi connectivity index (χ2v) is 9.50. The number of aliphatic hydroxyl groups is 1. The molecule has 0 aromatic heterocycles. The molecule has 3 aromatic rings. The van der Waals surface area contributed by atoms with Crippen LogP contribution in [0.4, 0.5) is 0 Å². The largest absolute Gasteiger partial charge is 0.389 e. The van der Waals surface area contributed by atoms with Crippen LogP contribution in [-0.2, 0) is 14.3 Å². The summed E-state index contributed by atoms with van der Waals surface area (Å²) in [5.74, 6) is -0.619. The molecule has 1 amide bonds. The highest BCUT2D eigenvalue weighted by molar-refractivity contribution is 8.01. The van der Waals surface area contributed by atoms with Gasteiger partial charge in [0.1, 0.15) is 6.10 Å². The number of hydrogen-bond acceptors (Lipinski definition) is 4. The van der Waals surface area contributed by atoms with Gasteiger partial charge in [-0.3, -0.25) is 4.79 Å². The normalized spacial score (nSPS) is 25.9. The van der Waals surface area contributed by atoms with Crippen LogP contribution < -0.4 is 5.32 Å². The first-order chi connectivity index (χ1) is 15.1. The van der Waals surface area contributed by atoms with Crippen LogP contribution in [0.25, 0.3) is 0 Å². The SMILES string of the molecule is CC1OC1C(O)C1C(=O)NC1SC(c1ccccc1)(c1ccccc1)c1ccccc1. The number of thioether (sulfide) groups is 1. The maximum Gasteiger partial charge on any atom is 0.229 e. The van der Waals surface area contributed by atoms with Crippen molar-refractivity contribution in [2.24, 2.45) is 5.92 Å². The Labute approximate surface area is 186 Å². The number of aliphatic hydroxyl groups excluding tert-OH is 1. The summed E-state index contributed by atoms with van der Waals surface area (Å²) in [5, 5.41) is 13.6. The number of ether oxygens (including phenoxy) is 1. The topological polar surface area (TPSA) is 61.9 Å². The first kappa shape index (κ1) is 20.3. The summed E-state index contributed by atoms with van der Waals surface area (Å²) in [6.07, 6.45) is -1.07. The Balaban J connectivity index is 1.61. The number of nitrogens with one attached hydrogen (secondary N) is 1. The van der Waals surface area contributed by atoms with Crippen LogP contribution in [0.15, 0.2) is 91.0 Å². The first-order valence-electron chi connectivity index (χ1n) is 10.6. The minimum atomic E-state index is -0.804. The van der Waals surface area contributed by atoms with E-state index in [1.165, 1.54) is 0 Å². The molecule has 2 heterocycles. The van der Waals surface area contributed by atoms with E-state index in [0.29, 0.717) is 0 Å². The van der Waals surface area contributed by atoms with Crippen LogP contribution in [0, 0.1) is 5.92 Å². The molecule has 0 aliphatic carbocycles. The van der Waals surface area contributed by atoms with Crippen molar-refractivity contribution in [1.29, 1.82) is 0 Å². The van der Waals surface area contributed by atoms with E-state index in [1.54, 1.807) is 11.8 Å². The van der Waals surface area contributed by atoms with E-state index in [4.69, 9.17) is 4.74 Å². The van der Waals surface area contributed by atoms with Gasteiger partial charge in [-0.25, -0.2) is 0 Å². The molecule has 0 radical (unpaired) electrons. The summed E-state index contributed by atoms with van der Waals surface area (Å²) in [6.45, 7) is 1.93. The molecule has 5 heteroatoms. The van der Waals surface area contributed by atoms with Crippen LogP contribution in [-0.4, -0.2) is 34.7 Å². The van der Waals surface area contributed by atoms with E-state index < -0.39 is 16.8 Å². The van der Waals surface area contributed by atoms with E-state index in [1.807, 2.05) is 61.5 Å². The van der Waals surface area contributed by atoms with Gasteiger partial charge in [0.25, 0.3) is 0 Å². The van der Waals surface area contributed by atoms with E-state index in [0.717, 1.165) is 16.7 Å². The predicted molar refractivity (Wildman–Crippen MR) is 123 cm³/mol. The highest BCUT2D eigenvalue weighted by atomic mass is 32.2. The second-order valence-electron chi connectivity index (χ2n) is 8.15. The number of carbonyl (C=O) groups excluding carboxylic acids is 1. The zero-order valence-corrected chi connectivity index (χ0v) is 18.0. The maximum absolute atomic E-state index is 12.5. The third-order valence-electron chi connectivity index (χ3n) is 6.22. The third kappa shape index (κ3) is 3.57. The van der Waals surface area contributed by atoms with Gasteiger partial charge in [-0.15, -0.1) is 11.8 Å². The van der Waals surface area contributed by atoms with Gasteiger partial charge in [0.15, 0.2) is 0 Å². The van der Waals surface area contributed by atoms with E-state index in [2.05, 4.69) is 41.7 Å². The molecule has 2 fully saturated rings. The number of epoxide rings is 1. The van der Waals surface area contributed by atoms with Crippen LogP contribution in [0.2, 0.25) is 0 Å². The fraction of sp³-hybridized carbons (Fsp3) is 0.269. The average Bonchev–Trinajstić information content (AvgIpc) is 3.55. The highest BCUT2D eigenvalue weighted by Gasteiger charge is 2.55. The Bertz CT molecular complexity index is 947. The van der Waals surface area contributed by atoms with Crippen molar-refractivity contribution >= 4 is 17.7 Å². The molecule has 5 rings (SSSR count). The number of rotatable bonds is 7. The summed E-state index contributed by atoms with van der Waals surface area (Å²) in [5.41, 5.74) is 3.38. The minimum absolute atomic E-state index is 0.00354. The molecule has 0 saturated carbocycles. The van der Waals surface area contributed by atoms with Gasteiger partial charge >= 0.3 is 0 Å². The Morgan fingerprint density at radius 1 is 0.871 bits per heavy atom. The fourth-order valence-corrected chi connectivity index (χ4v) is 6.29. The molecule has 5 atom stereocenters. The van der Waals surface area contributed by atoms with Gasteiger partial charge in [0.2, 0.25) is 5.91 Å². The number of benzene rings is 3. The molecular formula is C26H25NO3S. The summed E-state index contributed by atoms with van der Waals surface area (Å²) in [6, 6.07) is 31.1. The molecule has 2 aliphatic rings. The Kier molecular flexibility index (Phi) is 5.34. The lowest BCUT2D eigenvalue weighted by atomic mass is 9.84. The molecule has 2 saturated heterocycles. The summed E-state index contributed by atoms with van der Waals surface area (Å²) >= 11 is 1.68. The Morgan fingerprint density at radius 3 is 1.65 bits per heavy atom. The summed E-state index contributed by atoms with van der Waals surface area (Å²) < 4.78 is 4.93. The molecule has 2 N–H and O–H groups in total. The maximum atomic E-state index is 12.5. The first-order valence-corrected chi connectivity index (χ1v) is 11.5. The number of β-lactam (4-membered cyclic amide) rings is 1. The molecule has 158 valence electrons. The Hall–Kier alpha value is -2.60. The van der Waals surface area contributed by atoms with Crippen molar-refractivity contribution in [3.8, 4) is 0 Å². The zero-order chi connectivity index (χ0) is 21.4. The van der Waals surface area contributed by atoms with Crippen molar-refractivity contribution in [1.82, 2.24) is 5.32 Å². The quantitative estimate of drug-likeness (QED) is 0.338. The standard InChI is InChI=1S/C26H25NO3S/c1-17-23(30-17)22(28)21-24(29)27-25(21)31-26(18-11-5-2-6-12-18,19-13-7-3-8-14-19)20-15-9-4-10-16-20/h2-17,21-23,25,28H,1H3,(H,27,29). The van der Waals surface area contributed by atoms with Crippen molar-refractivity contribution < 1.29 is 14.6 Å². The van der Waals surface area contributed by atoms with Gasteiger partial charge in [-0.05, 0) is 23.6 Å². The average molecular weight is 432 g/mol. The lowest BCUT2D eigenvalue weighted by molar-refractivity contribution is -0.138.